The van der Waals surface area contributed by atoms with Crippen molar-refractivity contribution < 1.29 is 9.53 Å². The molecule has 0 aromatic carbocycles. The molecule has 2 aromatic rings. The number of nitrogens with one attached hydrogen (secondary N) is 1. The number of nitrogens with zero attached hydrogens (tertiary/aromatic N) is 4. The Bertz CT molecular complexity index is 720. The molecule has 2 rings (SSSR count). The zero-order valence-corrected chi connectivity index (χ0v) is 12.9. The van der Waals surface area contributed by atoms with E-state index in [9.17, 15) is 9.59 Å². The minimum Gasteiger partial charge on any atom is -0.383 e. The lowest BCUT2D eigenvalue weighted by Crippen LogP contribution is -2.35. The summed E-state index contributed by atoms with van der Waals surface area (Å²) in [4.78, 5) is 23.6. The van der Waals surface area contributed by atoms with Gasteiger partial charge in [-0.15, -0.1) is 5.10 Å². The third-order valence-electron chi connectivity index (χ3n) is 3.00. The standard InChI is InChI=1S/C14H19N5O3/c1-10-8-11(2)19(16-10)12-4-5-14(21)18(17-12)9-13(20)15-6-7-22-3/h4-5,8H,6-7,9H2,1-3H3,(H,15,20). The summed E-state index contributed by atoms with van der Waals surface area (Å²) in [5, 5.41) is 11.2. The highest BCUT2D eigenvalue weighted by atomic mass is 16.5. The molecule has 0 aliphatic carbocycles. The molecule has 8 nitrogen and oxygen atoms in total. The van der Waals surface area contributed by atoms with Gasteiger partial charge in [-0.25, -0.2) is 9.36 Å². The lowest BCUT2D eigenvalue weighted by atomic mass is 10.4. The highest BCUT2D eigenvalue weighted by Gasteiger charge is 2.09. The Morgan fingerprint density at radius 1 is 1.32 bits per heavy atom. The van der Waals surface area contributed by atoms with Crippen molar-refractivity contribution in [2.24, 2.45) is 0 Å². The molecule has 22 heavy (non-hydrogen) atoms. The number of amides is 1. The first-order chi connectivity index (χ1) is 10.5. The fraction of sp³-hybridized carbons (Fsp3) is 0.429. The molecule has 0 saturated carbocycles. The van der Waals surface area contributed by atoms with Crippen LogP contribution in [0.3, 0.4) is 0 Å². The molecule has 8 heteroatoms. The molecule has 0 aliphatic rings. The van der Waals surface area contributed by atoms with Crippen LogP contribution in [0.25, 0.3) is 5.82 Å². The summed E-state index contributed by atoms with van der Waals surface area (Å²) >= 11 is 0. The van der Waals surface area contributed by atoms with Crippen molar-refractivity contribution >= 4 is 5.91 Å². The summed E-state index contributed by atoms with van der Waals surface area (Å²) in [6.07, 6.45) is 0. The maximum atomic E-state index is 11.8. The number of aryl methyl sites for hydroxylation is 2. The predicted octanol–water partition coefficient (Wildman–Crippen LogP) is -0.192. The number of hydrogen-bond acceptors (Lipinski definition) is 5. The molecule has 2 heterocycles. The van der Waals surface area contributed by atoms with Gasteiger partial charge in [0.2, 0.25) is 5.91 Å². The second kappa shape index (κ2) is 6.99. The summed E-state index contributed by atoms with van der Waals surface area (Å²) in [7, 11) is 1.55. The maximum Gasteiger partial charge on any atom is 0.267 e. The third-order valence-corrected chi connectivity index (χ3v) is 3.00. The van der Waals surface area contributed by atoms with Gasteiger partial charge >= 0.3 is 0 Å². The van der Waals surface area contributed by atoms with E-state index in [0.29, 0.717) is 19.0 Å². The number of hydrogen-bond donors (Lipinski definition) is 1. The molecule has 0 fully saturated rings. The first-order valence-corrected chi connectivity index (χ1v) is 6.88. The van der Waals surface area contributed by atoms with Gasteiger partial charge < -0.3 is 10.1 Å². The van der Waals surface area contributed by atoms with E-state index in [-0.39, 0.29) is 18.0 Å². The second-order valence-corrected chi connectivity index (χ2v) is 4.87. The minimum atomic E-state index is -0.341. The van der Waals surface area contributed by atoms with Crippen molar-refractivity contribution in [2.45, 2.75) is 20.4 Å². The molecule has 0 unspecified atom stereocenters. The number of carbonyl (C=O) groups is 1. The summed E-state index contributed by atoms with van der Waals surface area (Å²) in [5.41, 5.74) is 1.42. The molecule has 0 bridgehead atoms. The Labute approximate surface area is 127 Å². The molecule has 0 atom stereocenters. The normalized spacial score (nSPS) is 10.7. The van der Waals surface area contributed by atoms with Crippen LogP contribution in [0.4, 0.5) is 0 Å². The van der Waals surface area contributed by atoms with Gasteiger partial charge in [0.05, 0.1) is 12.3 Å². The fourth-order valence-electron chi connectivity index (χ4n) is 2.01. The van der Waals surface area contributed by atoms with Gasteiger partial charge in [0.15, 0.2) is 5.82 Å². The zero-order chi connectivity index (χ0) is 16.1. The van der Waals surface area contributed by atoms with Crippen molar-refractivity contribution in [3.05, 3.63) is 39.9 Å². The average Bonchev–Trinajstić information content (AvgIpc) is 2.80. The SMILES string of the molecule is COCCNC(=O)Cn1nc(-n2nc(C)cc2C)ccc1=O. The highest BCUT2D eigenvalue weighted by Crippen LogP contribution is 2.07. The maximum absolute atomic E-state index is 11.8. The van der Waals surface area contributed by atoms with Gasteiger partial charge in [-0.3, -0.25) is 9.59 Å². The Balaban J connectivity index is 2.19. The van der Waals surface area contributed by atoms with Crippen LogP contribution in [0, 0.1) is 13.8 Å². The van der Waals surface area contributed by atoms with Crippen molar-refractivity contribution in [2.75, 3.05) is 20.3 Å². The largest absolute Gasteiger partial charge is 0.383 e. The van der Waals surface area contributed by atoms with Gasteiger partial charge in [0, 0.05) is 25.4 Å². The molecule has 0 spiro atoms. The van der Waals surface area contributed by atoms with E-state index in [1.165, 1.54) is 6.07 Å². The summed E-state index contributed by atoms with van der Waals surface area (Å²) in [6, 6.07) is 4.87. The van der Waals surface area contributed by atoms with E-state index in [1.54, 1.807) is 17.9 Å². The lowest BCUT2D eigenvalue weighted by Gasteiger charge is -2.08. The smallest absolute Gasteiger partial charge is 0.267 e. The van der Waals surface area contributed by atoms with Crippen molar-refractivity contribution in [1.29, 1.82) is 0 Å². The Kier molecular flexibility index (Phi) is 5.05. The summed E-state index contributed by atoms with van der Waals surface area (Å²) in [5.74, 6) is 0.201. The van der Waals surface area contributed by atoms with E-state index >= 15 is 0 Å². The molecular formula is C14H19N5O3. The van der Waals surface area contributed by atoms with Crippen LogP contribution in [0.15, 0.2) is 23.0 Å². The van der Waals surface area contributed by atoms with Gasteiger partial charge in [-0.1, -0.05) is 0 Å². The minimum absolute atomic E-state index is 0.143. The number of aromatic nitrogens is 4. The van der Waals surface area contributed by atoms with E-state index in [1.807, 2.05) is 19.9 Å². The molecule has 0 aliphatic heterocycles. The molecule has 0 radical (unpaired) electrons. The van der Waals surface area contributed by atoms with Crippen molar-refractivity contribution in [3.63, 3.8) is 0 Å². The third kappa shape index (κ3) is 3.79. The van der Waals surface area contributed by atoms with Crippen molar-refractivity contribution in [1.82, 2.24) is 24.9 Å². The van der Waals surface area contributed by atoms with E-state index in [0.717, 1.165) is 16.1 Å². The first kappa shape index (κ1) is 15.9. The number of carbonyl (C=O) groups excluding carboxylic acids is 1. The monoisotopic (exact) mass is 305 g/mol. The van der Waals surface area contributed by atoms with Crippen LogP contribution in [0.2, 0.25) is 0 Å². The molecular weight excluding hydrogens is 286 g/mol. The number of methoxy groups -OCH3 is 1. The Morgan fingerprint density at radius 3 is 2.73 bits per heavy atom. The topological polar surface area (TPSA) is 91.0 Å². The summed E-state index contributed by atoms with van der Waals surface area (Å²) < 4.78 is 7.60. The average molecular weight is 305 g/mol. The number of ether oxygens (including phenoxy) is 1. The fourth-order valence-corrected chi connectivity index (χ4v) is 2.01. The lowest BCUT2D eigenvalue weighted by molar-refractivity contribution is -0.122. The van der Waals surface area contributed by atoms with Gasteiger partial charge in [-0.05, 0) is 26.0 Å². The van der Waals surface area contributed by atoms with Gasteiger partial charge in [0.25, 0.3) is 5.56 Å². The Morgan fingerprint density at radius 2 is 2.09 bits per heavy atom. The van der Waals surface area contributed by atoms with Crippen molar-refractivity contribution in [3.8, 4) is 5.82 Å². The molecule has 118 valence electrons. The van der Waals surface area contributed by atoms with Crippen LogP contribution >= 0.6 is 0 Å². The Hall–Kier alpha value is -2.48. The van der Waals surface area contributed by atoms with Crippen LogP contribution in [0.1, 0.15) is 11.4 Å². The van der Waals surface area contributed by atoms with E-state index < -0.39 is 0 Å². The van der Waals surface area contributed by atoms with E-state index in [4.69, 9.17) is 4.74 Å². The molecule has 0 saturated heterocycles. The zero-order valence-electron chi connectivity index (χ0n) is 12.9. The van der Waals surface area contributed by atoms with Gasteiger partial charge in [-0.2, -0.15) is 5.10 Å². The predicted molar refractivity (Wildman–Crippen MR) is 80.0 cm³/mol. The highest BCUT2D eigenvalue weighted by molar-refractivity contribution is 5.75. The van der Waals surface area contributed by atoms with E-state index in [2.05, 4.69) is 15.5 Å². The second-order valence-electron chi connectivity index (χ2n) is 4.87. The van der Waals surface area contributed by atoms with Gasteiger partial charge in [0.1, 0.15) is 6.54 Å². The number of rotatable bonds is 6. The van der Waals surface area contributed by atoms with Crippen LogP contribution in [0.5, 0.6) is 0 Å². The molecule has 2 aromatic heterocycles. The van der Waals surface area contributed by atoms with Crippen LogP contribution in [-0.2, 0) is 16.1 Å². The van der Waals surface area contributed by atoms with Crippen LogP contribution < -0.4 is 10.9 Å². The molecule has 1 N–H and O–H groups in total. The first-order valence-electron chi connectivity index (χ1n) is 6.88. The molecule has 1 amide bonds. The van der Waals surface area contributed by atoms with Crippen LogP contribution in [-0.4, -0.2) is 45.7 Å². The summed E-state index contributed by atoms with van der Waals surface area (Å²) in [6.45, 7) is 4.44. The quantitative estimate of drug-likeness (QED) is 0.747.